The normalized spacial score (nSPS) is 14.8. The number of rotatable bonds is 7. The minimum Gasteiger partial charge on any atom is -0.481 e. The molecule has 2 aromatic carbocycles. The van der Waals surface area contributed by atoms with Gasteiger partial charge >= 0.3 is 12.3 Å². The molecule has 0 radical (unpaired) electrons. The molecule has 0 bridgehead atoms. The summed E-state index contributed by atoms with van der Waals surface area (Å²) in [5.74, 6) is -0.742. The molecule has 1 aliphatic rings. The van der Waals surface area contributed by atoms with Crippen LogP contribution < -0.4 is 9.47 Å². The molecule has 1 atom stereocenters. The Labute approximate surface area is 224 Å². The maximum atomic E-state index is 13.1. The third-order valence-corrected chi connectivity index (χ3v) is 6.86. The van der Waals surface area contributed by atoms with Crippen LogP contribution in [-0.2, 0) is 11.2 Å². The summed E-state index contributed by atoms with van der Waals surface area (Å²) in [5.41, 5.74) is 4.68. The first-order valence-corrected chi connectivity index (χ1v) is 12.3. The van der Waals surface area contributed by atoms with Crippen molar-refractivity contribution in [2.45, 2.75) is 31.5 Å². The molecule has 2 N–H and O–H groups in total. The number of aliphatic carboxylic acids is 1. The van der Waals surface area contributed by atoms with Gasteiger partial charge in [0.1, 0.15) is 5.75 Å². The van der Waals surface area contributed by atoms with E-state index < -0.39 is 18.1 Å². The van der Waals surface area contributed by atoms with Gasteiger partial charge in [0.25, 0.3) is 5.89 Å². The number of hydrogen-bond acceptors (Lipinski definition) is 7. The second-order valence-electron chi connectivity index (χ2n) is 9.42. The Morgan fingerprint density at radius 3 is 2.62 bits per heavy atom. The van der Waals surface area contributed by atoms with E-state index in [9.17, 15) is 23.1 Å². The smallest absolute Gasteiger partial charge is 0.481 e. The van der Waals surface area contributed by atoms with Crippen molar-refractivity contribution in [2.75, 3.05) is 7.11 Å². The van der Waals surface area contributed by atoms with Gasteiger partial charge in [-0.3, -0.25) is 4.79 Å². The highest BCUT2D eigenvalue weighted by Crippen LogP contribution is 2.41. The van der Waals surface area contributed by atoms with Crippen molar-refractivity contribution < 1.29 is 37.1 Å². The predicted octanol–water partition coefficient (Wildman–Crippen LogP) is 6.36. The Hall–Kier alpha value is -4.87. The minimum atomic E-state index is -4.90. The summed E-state index contributed by atoms with van der Waals surface area (Å²) in [7, 11) is 1.46. The Bertz CT molecular complexity index is 1730. The molecular weight excluding hydrogens is 529 g/mol. The number of methoxy groups -OCH3 is 1. The molecule has 5 aromatic rings. The van der Waals surface area contributed by atoms with E-state index in [1.165, 1.54) is 25.4 Å². The van der Waals surface area contributed by atoms with Crippen molar-refractivity contribution in [3.05, 3.63) is 66.0 Å². The number of nitrogens with zero attached hydrogens (tertiary/aromatic N) is 3. The molecule has 204 valence electrons. The monoisotopic (exact) mass is 550 g/mol. The van der Waals surface area contributed by atoms with Crippen molar-refractivity contribution in [3.63, 3.8) is 0 Å². The van der Waals surface area contributed by atoms with Gasteiger partial charge < -0.3 is 24.1 Å². The van der Waals surface area contributed by atoms with Crippen LogP contribution in [0.5, 0.6) is 11.6 Å². The molecule has 12 heteroatoms. The summed E-state index contributed by atoms with van der Waals surface area (Å²) in [4.78, 5) is 23.2. The van der Waals surface area contributed by atoms with E-state index in [4.69, 9.17) is 9.26 Å². The van der Waals surface area contributed by atoms with Gasteiger partial charge in [0.2, 0.25) is 11.7 Å². The minimum absolute atomic E-state index is 0.00580. The fourth-order valence-corrected chi connectivity index (χ4v) is 5.11. The molecule has 0 fully saturated rings. The molecular formula is C28H21F3N4O5. The number of nitrogens with one attached hydrogen (secondary N) is 1. The van der Waals surface area contributed by atoms with Gasteiger partial charge in [-0.2, -0.15) is 4.98 Å². The van der Waals surface area contributed by atoms with Crippen molar-refractivity contribution >= 4 is 16.9 Å². The summed E-state index contributed by atoms with van der Waals surface area (Å²) < 4.78 is 54.0. The number of aryl methyl sites for hydroxylation is 1. The van der Waals surface area contributed by atoms with Crippen LogP contribution in [0.4, 0.5) is 13.2 Å². The lowest BCUT2D eigenvalue weighted by atomic mass is 10.0. The Balaban J connectivity index is 1.36. The lowest BCUT2D eigenvalue weighted by Gasteiger charge is -2.12. The number of hydrogen-bond donors (Lipinski definition) is 2. The molecule has 40 heavy (non-hydrogen) atoms. The van der Waals surface area contributed by atoms with Crippen LogP contribution in [0.25, 0.3) is 44.9 Å². The van der Waals surface area contributed by atoms with E-state index in [1.54, 1.807) is 24.3 Å². The van der Waals surface area contributed by atoms with Crippen molar-refractivity contribution in [2.24, 2.45) is 0 Å². The number of aromatic amines is 1. The molecule has 3 heterocycles. The van der Waals surface area contributed by atoms with Crippen LogP contribution in [0.1, 0.15) is 30.0 Å². The number of carbonyl (C=O) groups is 1. The SMILES string of the molecule is COc1ccc(-c2cc(OC(F)(F)F)cc(-c3nc(-c4ccc5[nH]c6c(c5c4)CCC6CC(=O)O)no3)c2)cn1. The Morgan fingerprint density at radius 2 is 1.90 bits per heavy atom. The maximum absolute atomic E-state index is 13.1. The number of ether oxygens (including phenoxy) is 2. The molecule has 0 saturated heterocycles. The van der Waals surface area contributed by atoms with Gasteiger partial charge in [-0.15, -0.1) is 13.2 Å². The number of benzene rings is 2. The lowest BCUT2D eigenvalue weighted by molar-refractivity contribution is -0.274. The van der Waals surface area contributed by atoms with Gasteiger partial charge in [0.05, 0.1) is 13.5 Å². The summed E-state index contributed by atoms with van der Waals surface area (Å²) >= 11 is 0. The van der Waals surface area contributed by atoms with E-state index in [0.29, 0.717) is 22.6 Å². The molecule has 9 nitrogen and oxygen atoms in total. The van der Waals surface area contributed by atoms with Crippen LogP contribution in [0.15, 0.2) is 59.3 Å². The summed E-state index contributed by atoms with van der Waals surface area (Å²) in [6.45, 7) is 0. The number of carboxylic acids is 1. The number of alkyl halides is 3. The quantitative estimate of drug-likeness (QED) is 0.240. The van der Waals surface area contributed by atoms with Gasteiger partial charge in [-0.05, 0) is 66.4 Å². The number of aromatic nitrogens is 4. The fraction of sp³-hybridized carbons (Fsp3) is 0.214. The van der Waals surface area contributed by atoms with Crippen molar-refractivity contribution in [1.29, 1.82) is 0 Å². The number of fused-ring (bicyclic) bond motifs is 3. The van der Waals surface area contributed by atoms with Gasteiger partial charge in [0.15, 0.2) is 0 Å². The Kier molecular flexibility index (Phi) is 6.16. The first-order chi connectivity index (χ1) is 19.2. The second kappa shape index (κ2) is 9.70. The largest absolute Gasteiger partial charge is 0.573 e. The lowest BCUT2D eigenvalue weighted by Crippen LogP contribution is -2.17. The first-order valence-electron chi connectivity index (χ1n) is 12.3. The zero-order valence-corrected chi connectivity index (χ0v) is 21.0. The number of halogens is 3. The van der Waals surface area contributed by atoms with Gasteiger partial charge in [-0.1, -0.05) is 5.16 Å². The van der Waals surface area contributed by atoms with Gasteiger partial charge in [-0.25, -0.2) is 4.98 Å². The third-order valence-electron chi connectivity index (χ3n) is 6.86. The van der Waals surface area contributed by atoms with Crippen molar-refractivity contribution in [1.82, 2.24) is 20.1 Å². The third kappa shape index (κ3) is 4.95. The summed E-state index contributed by atoms with van der Waals surface area (Å²) in [6, 6.07) is 12.8. The number of carboxylic acid groups (broad SMARTS) is 1. The van der Waals surface area contributed by atoms with E-state index in [0.717, 1.165) is 35.0 Å². The fourth-order valence-electron chi connectivity index (χ4n) is 5.11. The molecule has 0 amide bonds. The molecule has 0 aliphatic heterocycles. The molecule has 1 aliphatic carbocycles. The van der Waals surface area contributed by atoms with E-state index in [1.807, 2.05) is 12.1 Å². The molecule has 1 unspecified atom stereocenters. The number of H-pyrrole nitrogens is 1. The maximum Gasteiger partial charge on any atom is 0.573 e. The molecule has 0 spiro atoms. The standard InChI is InChI=1S/C28H21F3N4O5/c1-38-23-7-4-16(13-32-23)17-8-18(10-19(9-17)39-28(29,30)31)27-34-26(35-40-27)15-3-6-22-21(11-15)20-5-2-14(12-24(36)37)25(20)33-22/h3-4,6-11,13-14,33H,2,5,12H2,1H3,(H,36,37). The van der Waals surface area contributed by atoms with E-state index in [-0.39, 0.29) is 29.6 Å². The average Bonchev–Trinajstić information content (AvgIpc) is 3.64. The van der Waals surface area contributed by atoms with Crippen LogP contribution in [-0.4, -0.2) is 44.7 Å². The zero-order chi connectivity index (χ0) is 28.0. The van der Waals surface area contributed by atoms with E-state index >= 15 is 0 Å². The topological polar surface area (TPSA) is 123 Å². The summed E-state index contributed by atoms with van der Waals surface area (Å²) in [6.07, 6.45) is -1.86. The Morgan fingerprint density at radius 1 is 1.10 bits per heavy atom. The number of pyridine rings is 1. The average molecular weight is 550 g/mol. The van der Waals surface area contributed by atoms with Crippen LogP contribution in [0.3, 0.4) is 0 Å². The van der Waals surface area contributed by atoms with Crippen LogP contribution in [0.2, 0.25) is 0 Å². The molecule has 6 rings (SSSR count). The molecule has 0 saturated carbocycles. The zero-order valence-electron chi connectivity index (χ0n) is 21.0. The van der Waals surface area contributed by atoms with E-state index in [2.05, 4.69) is 24.8 Å². The van der Waals surface area contributed by atoms with Crippen molar-refractivity contribution in [3.8, 4) is 45.6 Å². The van der Waals surface area contributed by atoms with Crippen LogP contribution in [0, 0.1) is 0 Å². The van der Waals surface area contributed by atoms with Gasteiger partial charge in [0, 0.05) is 51.5 Å². The highest BCUT2D eigenvalue weighted by Gasteiger charge is 2.32. The predicted molar refractivity (Wildman–Crippen MR) is 137 cm³/mol. The second-order valence-corrected chi connectivity index (χ2v) is 9.42. The molecule has 3 aromatic heterocycles. The highest BCUT2D eigenvalue weighted by molar-refractivity contribution is 5.89. The first kappa shape index (κ1) is 25.4. The summed E-state index contributed by atoms with van der Waals surface area (Å²) in [5, 5.41) is 14.2. The highest BCUT2D eigenvalue weighted by atomic mass is 19.4. The van der Waals surface area contributed by atoms with Crippen LogP contribution >= 0.6 is 0 Å².